The Kier molecular flexibility index (Phi) is 5.30. The molecule has 1 amide bonds. The summed E-state index contributed by atoms with van der Waals surface area (Å²) in [5.74, 6) is -1.14. The summed E-state index contributed by atoms with van der Waals surface area (Å²) in [5.41, 5.74) is -0.282. The number of hydrogen-bond acceptors (Lipinski definition) is 6. The van der Waals surface area contributed by atoms with E-state index < -0.39 is 16.6 Å². The topological polar surface area (TPSA) is 124 Å². The molecule has 32 heavy (non-hydrogen) atoms. The fourth-order valence-electron chi connectivity index (χ4n) is 3.34. The second kappa shape index (κ2) is 8.23. The van der Waals surface area contributed by atoms with Crippen LogP contribution in [0, 0.1) is 10.1 Å². The molecule has 0 aliphatic heterocycles. The molecule has 0 unspecified atom stereocenters. The summed E-state index contributed by atoms with van der Waals surface area (Å²) in [6.45, 7) is 0. The molecule has 9 nitrogen and oxygen atoms in total. The molecule has 0 bridgehead atoms. The molecule has 0 spiro atoms. The van der Waals surface area contributed by atoms with Gasteiger partial charge in [0.25, 0.3) is 17.2 Å². The van der Waals surface area contributed by atoms with Crippen molar-refractivity contribution in [1.82, 2.24) is 9.78 Å². The van der Waals surface area contributed by atoms with Crippen molar-refractivity contribution >= 4 is 33.8 Å². The minimum atomic E-state index is -0.659. The number of nitrogens with zero attached hydrogens (tertiary/aromatic N) is 3. The van der Waals surface area contributed by atoms with Gasteiger partial charge in [-0.1, -0.05) is 48.5 Å². The van der Waals surface area contributed by atoms with Crippen LogP contribution in [0.3, 0.4) is 0 Å². The minimum absolute atomic E-state index is 0.0147. The van der Waals surface area contributed by atoms with E-state index >= 15 is 0 Å². The molecule has 0 saturated carbocycles. The number of amides is 1. The molecule has 0 saturated heterocycles. The Balaban J connectivity index is 1.80. The average Bonchev–Trinajstić information content (AvgIpc) is 2.81. The van der Waals surface area contributed by atoms with E-state index in [1.807, 2.05) is 0 Å². The first-order valence-electron chi connectivity index (χ1n) is 9.52. The predicted molar refractivity (Wildman–Crippen MR) is 118 cm³/mol. The Bertz CT molecular complexity index is 1440. The summed E-state index contributed by atoms with van der Waals surface area (Å²) >= 11 is 0. The number of benzene rings is 3. The lowest BCUT2D eigenvalue weighted by molar-refractivity contribution is -0.384. The Labute approximate surface area is 181 Å². The minimum Gasteiger partial charge on any atom is -0.320 e. The third-order valence-corrected chi connectivity index (χ3v) is 4.91. The predicted octanol–water partition coefficient (Wildman–Crippen LogP) is 3.33. The quantitative estimate of drug-likeness (QED) is 0.295. The number of hydrogen-bond donors (Lipinski definition) is 1. The van der Waals surface area contributed by atoms with E-state index in [2.05, 4.69) is 10.4 Å². The number of carbonyl (C=O) groups excluding carboxylic acids is 2. The van der Waals surface area contributed by atoms with Gasteiger partial charge in [0.1, 0.15) is 0 Å². The molecule has 1 heterocycles. The Morgan fingerprint density at radius 1 is 0.969 bits per heavy atom. The van der Waals surface area contributed by atoms with Gasteiger partial charge in [-0.3, -0.25) is 24.5 Å². The third kappa shape index (κ3) is 3.74. The molecule has 1 aromatic heterocycles. The number of ketones is 1. The van der Waals surface area contributed by atoms with E-state index in [1.54, 1.807) is 54.6 Å². The molecule has 3 aromatic carbocycles. The second-order valence-corrected chi connectivity index (χ2v) is 6.96. The van der Waals surface area contributed by atoms with Crippen LogP contribution >= 0.6 is 0 Å². The Hall–Kier alpha value is -4.66. The zero-order chi connectivity index (χ0) is 22.8. The number of fused-ring (bicyclic) bond motifs is 1. The number of nitrogens with one attached hydrogen (secondary N) is 1. The maximum absolute atomic E-state index is 13.1. The standard InChI is InChI=1S/C23H16N4O5/c1-26-23(30)17-10-6-5-9-16(17)20(25-26)22(29)24-19-12-11-15(27(31)32)13-18(19)21(28)14-7-3-2-4-8-14/h2-13H,1H3,(H,24,29). The fraction of sp³-hybridized carbons (Fsp3) is 0.0435. The SMILES string of the molecule is Cn1nc(C(=O)Nc2ccc([N+](=O)[O-])cc2C(=O)c2ccccc2)c2ccccc2c1=O. The van der Waals surface area contributed by atoms with Crippen LogP contribution in [0.1, 0.15) is 26.4 Å². The highest BCUT2D eigenvalue weighted by molar-refractivity contribution is 6.17. The Morgan fingerprint density at radius 3 is 2.31 bits per heavy atom. The molecule has 9 heteroatoms. The van der Waals surface area contributed by atoms with Crippen LogP contribution in [-0.2, 0) is 7.05 Å². The van der Waals surface area contributed by atoms with Gasteiger partial charge in [0, 0.05) is 30.1 Å². The van der Waals surface area contributed by atoms with E-state index in [0.29, 0.717) is 16.3 Å². The lowest BCUT2D eigenvalue weighted by atomic mass is 10.0. The van der Waals surface area contributed by atoms with E-state index in [1.165, 1.54) is 19.2 Å². The third-order valence-electron chi connectivity index (χ3n) is 4.91. The molecule has 0 fully saturated rings. The molecule has 4 aromatic rings. The Morgan fingerprint density at radius 2 is 1.62 bits per heavy atom. The lowest BCUT2D eigenvalue weighted by Gasteiger charge is -2.12. The van der Waals surface area contributed by atoms with Gasteiger partial charge in [-0.05, 0) is 12.1 Å². The maximum atomic E-state index is 13.1. The van der Waals surface area contributed by atoms with Crippen molar-refractivity contribution in [2.45, 2.75) is 0 Å². The smallest absolute Gasteiger partial charge is 0.276 e. The van der Waals surface area contributed by atoms with Crippen LogP contribution in [0.25, 0.3) is 10.8 Å². The summed E-state index contributed by atoms with van der Waals surface area (Å²) in [5, 5.41) is 18.6. The van der Waals surface area contributed by atoms with Crippen LogP contribution in [0.4, 0.5) is 11.4 Å². The van der Waals surface area contributed by atoms with Crippen molar-refractivity contribution in [3.63, 3.8) is 0 Å². The van der Waals surface area contributed by atoms with E-state index in [9.17, 15) is 24.5 Å². The number of aryl methyl sites for hydroxylation is 1. The van der Waals surface area contributed by atoms with Crippen LogP contribution in [0.2, 0.25) is 0 Å². The average molecular weight is 428 g/mol. The van der Waals surface area contributed by atoms with E-state index in [4.69, 9.17) is 0 Å². The highest BCUT2D eigenvalue weighted by Crippen LogP contribution is 2.26. The first-order valence-corrected chi connectivity index (χ1v) is 9.52. The molecule has 4 rings (SSSR count). The molecule has 158 valence electrons. The van der Waals surface area contributed by atoms with Crippen molar-refractivity contribution in [3.05, 3.63) is 110 Å². The van der Waals surface area contributed by atoms with Crippen LogP contribution < -0.4 is 10.9 Å². The number of anilines is 1. The van der Waals surface area contributed by atoms with Crippen LogP contribution in [0.5, 0.6) is 0 Å². The monoisotopic (exact) mass is 428 g/mol. The van der Waals surface area contributed by atoms with Gasteiger partial charge < -0.3 is 5.32 Å². The van der Waals surface area contributed by atoms with Gasteiger partial charge >= 0.3 is 0 Å². The summed E-state index contributed by atoms with van der Waals surface area (Å²) in [6.07, 6.45) is 0. The summed E-state index contributed by atoms with van der Waals surface area (Å²) in [7, 11) is 1.43. The molecule has 1 N–H and O–H groups in total. The van der Waals surface area contributed by atoms with Crippen molar-refractivity contribution in [2.24, 2.45) is 7.05 Å². The number of carbonyl (C=O) groups is 2. The first kappa shape index (κ1) is 20.6. The first-order chi connectivity index (χ1) is 15.4. The number of aromatic nitrogens is 2. The van der Waals surface area contributed by atoms with Gasteiger partial charge in [-0.25, -0.2) is 4.68 Å². The van der Waals surface area contributed by atoms with Gasteiger partial charge in [0.15, 0.2) is 11.5 Å². The maximum Gasteiger partial charge on any atom is 0.276 e. The second-order valence-electron chi connectivity index (χ2n) is 6.96. The zero-order valence-corrected chi connectivity index (χ0v) is 16.8. The molecule has 0 radical (unpaired) electrons. The molecular weight excluding hydrogens is 412 g/mol. The number of nitro benzene ring substituents is 1. The normalized spacial score (nSPS) is 10.7. The highest BCUT2D eigenvalue weighted by atomic mass is 16.6. The molecular formula is C23H16N4O5. The number of nitro groups is 1. The van der Waals surface area contributed by atoms with Gasteiger partial charge in [-0.2, -0.15) is 5.10 Å². The van der Waals surface area contributed by atoms with Crippen molar-refractivity contribution < 1.29 is 14.5 Å². The van der Waals surface area contributed by atoms with Gasteiger partial charge in [0.2, 0.25) is 0 Å². The molecule has 0 aliphatic rings. The van der Waals surface area contributed by atoms with Crippen molar-refractivity contribution in [2.75, 3.05) is 5.32 Å². The largest absolute Gasteiger partial charge is 0.320 e. The zero-order valence-electron chi connectivity index (χ0n) is 16.8. The molecule has 0 aliphatic carbocycles. The fourth-order valence-corrected chi connectivity index (χ4v) is 3.34. The summed E-state index contributed by atoms with van der Waals surface area (Å²) in [6, 6.07) is 18.4. The van der Waals surface area contributed by atoms with Crippen molar-refractivity contribution in [3.8, 4) is 0 Å². The van der Waals surface area contributed by atoms with E-state index in [0.717, 1.165) is 10.7 Å². The lowest BCUT2D eigenvalue weighted by Crippen LogP contribution is -2.25. The van der Waals surface area contributed by atoms with Crippen LogP contribution in [0.15, 0.2) is 77.6 Å². The van der Waals surface area contributed by atoms with Crippen LogP contribution in [-0.4, -0.2) is 26.4 Å². The van der Waals surface area contributed by atoms with Gasteiger partial charge in [-0.15, -0.1) is 0 Å². The highest BCUT2D eigenvalue weighted by Gasteiger charge is 2.22. The van der Waals surface area contributed by atoms with Crippen molar-refractivity contribution in [1.29, 1.82) is 0 Å². The summed E-state index contributed by atoms with van der Waals surface area (Å²) in [4.78, 5) is 49.1. The summed E-state index contributed by atoms with van der Waals surface area (Å²) < 4.78 is 1.06. The number of non-ortho nitro benzene ring substituents is 1. The van der Waals surface area contributed by atoms with Gasteiger partial charge in [0.05, 0.1) is 21.6 Å². The molecule has 0 atom stereocenters. The van der Waals surface area contributed by atoms with E-state index in [-0.39, 0.29) is 28.2 Å². The number of rotatable bonds is 5.